The molecule has 1 atom stereocenters. The normalized spacial score (nSPS) is 28.2. The maximum Gasteiger partial charge on any atom is 0.111 e. The Kier molecular flexibility index (Phi) is 3.30. The van der Waals surface area contributed by atoms with E-state index in [9.17, 15) is 5.11 Å². The van der Waals surface area contributed by atoms with Crippen molar-refractivity contribution in [2.24, 2.45) is 5.41 Å². The smallest absolute Gasteiger partial charge is 0.111 e. The standard InChI is InChI=1S/C14H24N2O/c1-4-16-10-9-15-12(16)11-14(17)8-6-5-7-13(14,2)3/h9-10,17H,4-8,11H2,1-3H3. The number of hydrogen-bond acceptors (Lipinski definition) is 2. The van der Waals surface area contributed by atoms with Crippen molar-refractivity contribution in [1.82, 2.24) is 9.55 Å². The molecule has 1 heterocycles. The topological polar surface area (TPSA) is 38.0 Å². The van der Waals surface area contributed by atoms with E-state index < -0.39 is 5.60 Å². The predicted molar refractivity (Wildman–Crippen MR) is 68.8 cm³/mol. The third-order valence-electron chi connectivity index (χ3n) is 4.49. The van der Waals surface area contributed by atoms with Crippen molar-refractivity contribution in [3.63, 3.8) is 0 Å². The molecule has 17 heavy (non-hydrogen) atoms. The van der Waals surface area contributed by atoms with Crippen LogP contribution in [0.3, 0.4) is 0 Å². The molecule has 1 N–H and O–H groups in total. The van der Waals surface area contributed by atoms with Crippen LogP contribution in [0.4, 0.5) is 0 Å². The van der Waals surface area contributed by atoms with Crippen molar-refractivity contribution in [3.05, 3.63) is 18.2 Å². The zero-order chi connectivity index (χ0) is 12.5. The van der Waals surface area contributed by atoms with E-state index in [0.717, 1.165) is 31.6 Å². The highest BCUT2D eigenvalue weighted by molar-refractivity contribution is 5.05. The molecule has 1 aromatic heterocycles. The fourth-order valence-electron chi connectivity index (χ4n) is 2.94. The fraction of sp³-hybridized carbons (Fsp3) is 0.786. The van der Waals surface area contributed by atoms with E-state index in [-0.39, 0.29) is 5.41 Å². The summed E-state index contributed by atoms with van der Waals surface area (Å²) >= 11 is 0. The van der Waals surface area contributed by atoms with Crippen molar-refractivity contribution in [2.45, 2.75) is 65.0 Å². The summed E-state index contributed by atoms with van der Waals surface area (Å²) in [6, 6.07) is 0. The Hall–Kier alpha value is -0.830. The third-order valence-corrected chi connectivity index (χ3v) is 4.49. The van der Waals surface area contributed by atoms with Crippen molar-refractivity contribution in [3.8, 4) is 0 Å². The summed E-state index contributed by atoms with van der Waals surface area (Å²) < 4.78 is 2.13. The largest absolute Gasteiger partial charge is 0.389 e. The second-order valence-electron chi connectivity index (χ2n) is 5.93. The van der Waals surface area contributed by atoms with Crippen molar-refractivity contribution >= 4 is 0 Å². The zero-order valence-corrected chi connectivity index (χ0v) is 11.2. The predicted octanol–water partition coefficient (Wildman–Crippen LogP) is 2.78. The minimum Gasteiger partial charge on any atom is -0.389 e. The molecule has 0 saturated heterocycles. The van der Waals surface area contributed by atoms with Crippen LogP contribution in [0.2, 0.25) is 0 Å². The summed E-state index contributed by atoms with van der Waals surface area (Å²) in [5.41, 5.74) is -0.598. The van der Waals surface area contributed by atoms with Gasteiger partial charge >= 0.3 is 0 Å². The first-order valence-electron chi connectivity index (χ1n) is 6.71. The summed E-state index contributed by atoms with van der Waals surface area (Å²) in [7, 11) is 0. The molecule has 0 aliphatic heterocycles. The van der Waals surface area contributed by atoms with Crippen LogP contribution in [0.1, 0.15) is 52.3 Å². The Labute approximate surface area is 104 Å². The highest BCUT2D eigenvalue weighted by atomic mass is 16.3. The van der Waals surface area contributed by atoms with Gasteiger partial charge in [-0.25, -0.2) is 4.98 Å². The van der Waals surface area contributed by atoms with Gasteiger partial charge in [-0.05, 0) is 25.2 Å². The lowest BCUT2D eigenvalue weighted by Gasteiger charge is -2.46. The SMILES string of the molecule is CCn1ccnc1CC1(O)CCCCC1(C)C. The summed E-state index contributed by atoms with van der Waals surface area (Å²) in [6.45, 7) is 7.41. The van der Waals surface area contributed by atoms with Crippen LogP contribution in [0, 0.1) is 5.41 Å². The molecule has 1 saturated carbocycles. The van der Waals surface area contributed by atoms with E-state index >= 15 is 0 Å². The van der Waals surface area contributed by atoms with Crippen LogP contribution in [0.15, 0.2) is 12.4 Å². The Morgan fingerprint density at radius 2 is 2.06 bits per heavy atom. The van der Waals surface area contributed by atoms with Gasteiger partial charge in [-0.2, -0.15) is 0 Å². The van der Waals surface area contributed by atoms with Crippen molar-refractivity contribution in [1.29, 1.82) is 0 Å². The van der Waals surface area contributed by atoms with Crippen molar-refractivity contribution in [2.75, 3.05) is 0 Å². The molecular weight excluding hydrogens is 212 g/mol. The van der Waals surface area contributed by atoms with Gasteiger partial charge < -0.3 is 9.67 Å². The number of nitrogens with zero attached hydrogens (tertiary/aromatic N) is 2. The highest BCUT2D eigenvalue weighted by Gasteiger charge is 2.45. The van der Waals surface area contributed by atoms with Crippen LogP contribution < -0.4 is 0 Å². The van der Waals surface area contributed by atoms with E-state index in [4.69, 9.17) is 0 Å². The molecule has 96 valence electrons. The lowest BCUT2D eigenvalue weighted by atomic mass is 9.64. The summed E-state index contributed by atoms with van der Waals surface area (Å²) in [6.07, 6.45) is 8.88. The minimum absolute atomic E-state index is 0.00420. The Bertz CT molecular complexity index is 383. The lowest BCUT2D eigenvalue weighted by Crippen LogP contribution is -2.49. The van der Waals surface area contributed by atoms with E-state index in [2.05, 4.69) is 30.3 Å². The molecule has 3 heteroatoms. The zero-order valence-electron chi connectivity index (χ0n) is 11.2. The van der Waals surface area contributed by atoms with Gasteiger partial charge in [0.25, 0.3) is 0 Å². The van der Waals surface area contributed by atoms with Crippen LogP contribution in [0.5, 0.6) is 0 Å². The molecule has 1 aliphatic carbocycles. The van der Waals surface area contributed by atoms with Gasteiger partial charge in [0, 0.05) is 25.4 Å². The average Bonchev–Trinajstić information content (AvgIpc) is 2.70. The number of hydrogen-bond donors (Lipinski definition) is 1. The third kappa shape index (κ3) is 2.25. The number of imidazole rings is 1. The maximum absolute atomic E-state index is 10.9. The molecule has 1 aliphatic rings. The van der Waals surface area contributed by atoms with E-state index in [0.29, 0.717) is 6.42 Å². The highest BCUT2D eigenvalue weighted by Crippen LogP contribution is 2.45. The first-order valence-corrected chi connectivity index (χ1v) is 6.71. The average molecular weight is 236 g/mol. The van der Waals surface area contributed by atoms with Gasteiger partial charge in [-0.15, -0.1) is 0 Å². The van der Waals surface area contributed by atoms with E-state index in [1.54, 1.807) is 0 Å². The molecule has 1 aromatic rings. The molecule has 0 radical (unpaired) electrons. The Morgan fingerprint density at radius 1 is 1.35 bits per heavy atom. The number of aromatic nitrogens is 2. The molecule has 3 nitrogen and oxygen atoms in total. The number of rotatable bonds is 3. The fourth-order valence-corrected chi connectivity index (χ4v) is 2.94. The monoisotopic (exact) mass is 236 g/mol. The van der Waals surface area contributed by atoms with Gasteiger partial charge in [0.2, 0.25) is 0 Å². The molecule has 1 fully saturated rings. The molecule has 1 unspecified atom stereocenters. The van der Waals surface area contributed by atoms with Crippen LogP contribution in [-0.2, 0) is 13.0 Å². The minimum atomic E-state index is -0.594. The first kappa shape index (κ1) is 12.6. The van der Waals surface area contributed by atoms with Crippen LogP contribution in [-0.4, -0.2) is 20.3 Å². The lowest BCUT2D eigenvalue weighted by molar-refractivity contribution is -0.0974. The van der Waals surface area contributed by atoms with Gasteiger partial charge in [-0.3, -0.25) is 0 Å². The number of aryl methyl sites for hydroxylation is 1. The first-order chi connectivity index (χ1) is 7.98. The van der Waals surface area contributed by atoms with Crippen LogP contribution >= 0.6 is 0 Å². The number of aliphatic hydroxyl groups is 1. The Balaban J connectivity index is 2.21. The molecule has 0 spiro atoms. The van der Waals surface area contributed by atoms with Crippen molar-refractivity contribution < 1.29 is 5.11 Å². The molecular formula is C14H24N2O. The molecule has 0 bridgehead atoms. The van der Waals surface area contributed by atoms with Gasteiger partial charge in [0.1, 0.15) is 5.82 Å². The van der Waals surface area contributed by atoms with E-state index in [1.165, 1.54) is 6.42 Å². The van der Waals surface area contributed by atoms with Crippen LogP contribution in [0.25, 0.3) is 0 Å². The maximum atomic E-state index is 10.9. The molecule has 2 rings (SSSR count). The summed E-state index contributed by atoms with van der Waals surface area (Å²) in [4.78, 5) is 4.39. The summed E-state index contributed by atoms with van der Waals surface area (Å²) in [5, 5.41) is 10.9. The second-order valence-corrected chi connectivity index (χ2v) is 5.93. The van der Waals surface area contributed by atoms with E-state index in [1.807, 2.05) is 12.4 Å². The van der Waals surface area contributed by atoms with Gasteiger partial charge in [0.15, 0.2) is 0 Å². The molecule has 0 aromatic carbocycles. The quantitative estimate of drug-likeness (QED) is 0.876. The Morgan fingerprint density at radius 3 is 2.71 bits per heavy atom. The second kappa shape index (κ2) is 4.45. The van der Waals surface area contributed by atoms with Gasteiger partial charge in [0.05, 0.1) is 5.60 Å². The van der Waals surface area contributed by atoms with Gasteiger partial charge in [-0.1, -0.05) is 26.7 Å². The summed E-state index contributed by atoms with van der Waals surface area (Å²) in [5.74, 6) is 1.02. The molecule has 0 amide bonds.